The van der Waals surface area contributed by atoms with Crippen LogP contribution < -0.4 is 5.32 Å². The minimum Gasteiger partial charge on any atom is -0.356 e. The second kappa shape index (κ2) is 13.8. The zero-order valence-electron chi connectivity index (χ0n) is 22.4. The lowest BCUT2D eigenvalue weighted by Crippen LogP contribution is -2.50. The molecule has 198 valence electrons. The topological polar surface area (TPSA) is 67.2 Å². The number of benzene rings is 1. The van der Waals surface area contributed by atoms with Crippen molar-refractivity contribution in [2.24, 2.45) is 0 Å². The second-order valence-corrected chi connectivity index (χ2v) is 10.9. The summed E-state index contributed by atoms with van der Waals surface area (Å²) in [6.45, 7) is 3.17. The molecule has 6 nitrogen and oxygen atoms in total. The van der Waals surface area contributed by atoms with Crippen molar-refractivity contribution in [3.8, 4) is 0 Å². The quantitative estimate of drug-likeness (QED) is 0.359. The molecule has 6 heteroatoms. The zero-order valence-corrected chi connectivity index (χ0v) is 22.4. The SMILES string of the molecule is CCCC(=O)NCCCCCc1nc2ccccc2n1CC(=O)N(C1CCCCC1)C1CCCCC1. The van der Waals surface area contributed by atoms with Crippen LogP contribution in [-0.2, 0) is 22.6 Å². The summed E-state index contributed by atoms with van der Waals surface area (Å²) in [4.78, 5) is 32.9. The van der Waals surface area contributed by atoms with E-state index in [1.54, 1.807) is 0 Å². The smallest absolute Gasteiger partial charge is 0.243 e. The van der Waals surface area contributed by atoms with E-state index in [9.17, 15) is 9.59 Å². The number of nitrogens with zero attached hydrogens (tertiary/aromatic N) is 3. The Labute approximate surface area is 217 Å². The van der Waals surface area contributed by atoms with Gasteiger partial charge in [-0.05, 0) is 57.1 Å². The maximum absolute atomic E-state index is 14.0. The highest BCUT2D eigenvalue weighted by atomic mass is 16.2. The van der Waals surface area contributed by atoms with Gasteiger partial charge >= 0.3 is 0 Å². The number of rotatable bonds is 12. The fourth-order valence-corrected chi connectivity index (χ4v) is 6.26. The Balaban J connectivity index is 1.43. The molecule has 0 spiro atoms. The zero-order chi connectivity index (χ0) is 25.2. The van der Waals surface area contributed by atoms with Crippen LogP contribution in [0.4, 0.5) is 0 Å². The van der Waals surface area contributed by atoms with Gasteiger partial charge in [0.15, 0.2) is 0 Å². The minimum atomic E-state index is 0.151. The van der Waals surface area contributed by atoms with Crippen molar-refractivity contribution in [1.82, 2.24) is 19.8 Å². The van der Waals surface area contributed by atoms with E-state index in [0.29, 0.717) is 25.0 Å². The predicted molar refractivity (Wildman–Crippen MR) is 146 cm³/mol. The third-order valence-corrected chi connectivity index (χ3v) is 8.13. The van der Waals surface area contributed by atoms with Crippen molar-refractivity contribution < 1.29 is 9.59 Å². The lowest BCUT2D eigenvalue weighted by molar-refractivity contribution is -0.138. The van der Waals surface area contributed by atoms with Crippen LogP contribution in [0.5, 0.6) is 0 Å². The first-order chi connectivity index (χ1) is 17.7. The van der Waals surface area contributed by atoms with Crippen molar-refractivity contribution in [3.63, 3.8) is 0 Å². The van der Waals surface area contributed by atoms with E-state index >= 15 is 0 Å². The lowest BCUT2D eigenvalue weighted by Gasteiger charge is -2.42. The van der Waals surface area contributed by atoms with Gasteiger partial charge in [0.25, 0.3) is 0 Å². The Bertz CT molecular complexity index is 954. The molecule has 1 heterocycles. The molecule has 2 aliphatic rings. The number of unbranched alkanes of at least 4 members (excludes halogenated alkanes) is 2. The molecule has 4 rings (SSSR count). The van der Waals surface area contributed by atoms with Gasteiger partial charge in [-0.15, -0.1) is 0 Å². The molecular formula is C30H46N4O2. The number of amides is 2. The fourth-order valence-electron chi connectivity index (χ4n) is 6.26. The van der Waals surface area contributed by atoms with Gasteiger partial charge in [-0.3, -0.25) is 9.59 Å². The first-order valence-corrected chi connectivity index (χ1v) is 14.7. The number of carbonyl (C=O) groups excluding carboxylic acids is 2. The highest BCUT2D eigenvalue weighted by molar-refractivity contribution is 5.81. The van der Waals surface area contributed by atoms with Crippen LogP contribution in [0.3, 0.4) is 0 Å². The molecule has 0 radical (unpaired) electrons. The summed E-state index contributed by atoms with van der Waals surface area (Å²) >= 11 is 0. The van der Waals surface area contributed by atoms with Crippen LogP contribution in [0.2, 0.25) is 0 Å². The molecule has 0 aliphatic heterocycles. The number of hydrogen-bond donors (Lipinski definition) is 1. The average molecular weight is 495 g/mol. The molecule has 0 atom stereocenters. The summed E-state index contributed by atoms with van der Waals surface area (Å²) in [7, 11) is 0. The molecule has 0 unspecified atom stereocenters. The van der Waals surface area contributed by atoms with Crippen molar-refractivity contribution in [1.29, 1.82) is 0 Å². The average Bonchev–Trinajstić information content (AvgIpc) is 3.24. The number of carbonyl (C=O) groups is 2. The van der Waals surface area contributed by atoms with Crippen LogP contribution in [0.15, 0.2) is 24.3 Å². The summed E-state index contributed by atoms with van der Waals surface area (Å²) in [5.41, 5.74) is 2.05. The number of aryl methyl sites for hydroxylation is 1. The van der Waals surface area contributed by atoms with E-state index in [1.165, 1.54) is 38.5 Å². The van der Waals surface area contributed by atoms with Gasteiger partial charge in [0, 0.05) is 31.5 Å². The number of hydrogen-bond acceptors (Lipinski definition) is 3. The van der Waals surface area contributed by atoms with E-state index < -0.39 is 0 Å². The van der Waals surface area contributed by atoms with Crippen molar-refractivity contribution in [2.75, 3.05) is 6.54 Å². The fraction of sp³-hybridized carbons (Fsp3) is 0.700. The summed E-state index contributed by atoms with van der Waals surface area (Å²) in [6.07, 6.45) is 17.6. The van der Waals surface area contributed by atoms with Crippen molar-refractivity contribution in [2.45, 2.75) is 128 Å². The summed E-state index contributed by atoms with van der Waals surface area (Å²) in [5, 5.41) is 3.01. The number of fused-ring (bicyclic) bond motifs is 1. The maximum Gasteiger partial charge on any atom is 0.243 e. The standard InChI is InChI=1S/C30H46N4O2/c1-2-14-29(35)31-22-13-5-10-21-28-32-26-19-11-12-20-27(26)33(28)23-30(36)34(24-15-6-3-7-16-24)25-17-8-4-9-18-25/h11-12,19-20,24-25H,2-10,13-18,21-23H2,1H3,(H,31,35). The molecule has 2 aromatic rings. The van der Waals surface area contributed by atoms with E-state index in [0.717, 1.165) is 81.2 Å². The molecule has 0 saturated heterocycles. The predicted octanol–water partition coefficient (Wildman–Crippen LogP) is 6.16. The molecule has 0 bridgehead atoms. The summed E-state index contributed by atoms with van der Waals surface area (Å²) in [5.74, 6) is 1.46. The van der Waals surface area contributed by atoms with Gasteiger partial charge in [0.05, 0.1) is 11.0 Å². The van der Waals surface area contributed by atoms with Gasteiger partial charge < -0.3 is 14.8 Å². The van der Waals surface area contributed by atoms with Gasteiger partial charge in [-0.2, -0.15) is 0 Å². The lowest BCUT2D eigenvalue weighted by atomic mass is 9.88. The molecule has 2 saturated carbocycles. The van der Waals surface area contributed by atoms with Gasteiger partial charge in [0.2, 0.25) is 11.8 Å². The van der Waals surface area contributed by atoms with Crippen LogP contribution in [0, 0.1) is 0 Å². The molecule has 2 amide bonds. The van der Waals surface area contributed by atoms with Gasteiger partial charge in [0.1, 0.15) is 12.4 Å². The molecule has 2 aliphatic carbocycles. The molecular weight excluding hydrogens is 448 g/mol. The van der Waals surface area contributed by atoms with Crippen molar-refractivity contribution >= 4 is 22.8 Å². The summed E-state index contributed by atoms with van der Waals surface area (Å²) < 4.78 is 2.19. The molecule has 36 heavy (non-hydrogen) atoms. The van der Waals surface area contributed by atoms with Gasteiger partial charge in [-0.25, -0.2) is 4.98 Å². The van der Waals surface area contributed by atoms with E-state index in [2.05, 4.69) is 26.9 Å². The Hall–Kier alpha value is -2.37. The Morgan fingerprint density at radius 3 is 2.28 bits per heavy atom. The Morgan fingerprint density at radius 2 is 1.61 bits per heavy atom. The number of para-hydroxylation sites is 2. The maximum atomic E-state index is 14.0. The Kier molecular flexibility index (Phi) is 10.2. The van der Waals surface area contributed by atoms with E-state index in [-0.39, 0.29) is 11.8 Å². The number of imidazole rings is 1. The third-order valence-electron chi connectivity index (χ3n) is 8.13. The molecule has 2 fully saturated rings. The van der Waals surface area contributed by atoms with Crippen LogP contribution in [0.25, 0.3) is 11.0 Å². The monoisotopic (exact) mass is 494 g/mol. The summed E-state index contributed by atoms with van der Waals surface area (Å²) in [6, 6.07) is 9.07. The highest BCUT2D eigenvalue weighted by Gasteiger charge is 2.32. The second-order valence-electron chi connectivity index (χ2n) is 10.9. The number of aromatic nitrogens is 2. The first-order valence-electron chi connectivity index (χ1n) is 14.7. The normalized spacial score (nSPS) is 17.4. The molecule has 1 aromatic heterocycles. The molecule has 1 N–H and O–H groups in total. The van der Waals surface area contributed by atoms with Gasteiger partial charge in [-0.1, -0.05) is 64.0 Å². The number of nitrogens with one attached hydrogen (secondary N) is 1. The Morgan fingerprint density at radius 1 is 0.944 bits per heavy atom. The van der Waals surface area contributed by atoms with Crippen LogP contribution in [-0.4, -0.2) is 44.9 Å². The molecule has 1 aromatic carbocycles. The largest absolute Gasteiger partial charge is 0.356 e. The third kappa shape index (κ3) is 7.10. The van der Waals surface area contributed by atoms with E-state index in [1.807, 2.05) is 19.1 Å². The van der Waals surface area contributed by atoms with Crippen LogP contribution in [0.1, 0.15) is 109 Å². The van der Waals surface area contributed by atoms with Crippen LogP contribution >= 0.6 is 0 Å². The van der Waals surface area contributed by atoms with Crippen molar-refractivity contribution in [3.05, 3.63) is 30.1 Å². The highest BCUT2D eigenvalue weighted by Crippen LogP contribution is 2.31. The van der Waals surface area contributed by atoms with E-state index in [4.69, 9.17) is 4.98 Å². The minimum absolute atomic E-state index is 0.151. The first kappa shape index (κ1) is 26.7.